The SMILES string of the molecule is Cc1ccc(P(CCCCCP(c2ccc(C)cc2)c2ccc(C)cc2)c2ccc(C)cc2)cc1. The van der Waals surface area contributed by atoms with Crippen molar-refractivity contribution in [2.75, 3.05) is 12.3 Å². The summed E-state index contributed by atoms with van der Waals surface area (Å²) in [5.74, 6) is 0. The van der Waals surface area contributed by atoms with Gasteiger partial charge in [-0.1, -0.05) is 126 Å². The lowest BCUT2D eigenvalue weighted by Gasteiger charge is -2.21. The molecule has 35 heavy (non-hydrogen) atoms. The molecule has 0 heterocycles. The van der Waals surface area contributed by atoms with Crippen LogP contribution in [-0.2, 0) is 0 Å². The van der Waals surface area contributed by atoms with Crippen LogP contribution in [-0.4, -0.2) is 12.3 Å². The first-order valence-corrected chi connectivity index (χ1v) is 15.9. The van der Waals surface area contributed by atoms with E-state index in [1.807, 2.05) is 0 Å². The molecule has 0 nitrogen and oxygen atoms in total. The smallest absolute Gasteiger partial charge is 0.0195 e. The Hall–Kier alpha value is -2.26. The van der Waals surface area contributed by atoms with Gasteiger partial charge in [0.25, 0.3) is 0 Å². The highest BCUT2D eigenvalue weighted by atomic mass is 31.1. The number of hydrogen-bond acceptors (Lipinski definition) is 0. The van der Waals surface area contributed by atoms with Gasteiger partial charge in [-0.2, -0.15) is 0 Å². The highest BCUT2D eigenvalue weighted by molar-refractivity contribution is 7.73. The van der Waals surface area contributed by atoms with Gasteiger partial charge in [-0.25, -0.2) is 0 Å². The first-order valence-electron chi connectivity index (χ1n) is 12.8. The summed E-state index contributed by atoms with van der Waals surface area (Å²) in [7, 11) is -0.595. The predicted octanol–water partition coefficient (Wildman–Crippen LogP) is 7.66. The van der Waals surface area contributed by atoms with Gasteiger partial charge in [0.2, 0.25) is 0 Å². The van der Waals surface area contributed by atoms with Crippen molar-refractivity contribution in [3.05, 3.63) is 119 Å². The Bertz CT molecular complexity index is 986. The maximum absolute atomic E-state index is 2.36. The van der Waals surface area contributed by atoms with Gasteiger partial charge in [0.05, 0.1) is 0 Å². The molecule has 0 amide bonds. The van der Waals surface area contributed by atoms with E-state index in [9.17, 15) is 0 Å². The predicted molar refractivity (Wildman–Crippen MR) is 161 cm³/mol. The van der Waals surface area contributed by atoms with Crippen LogP contribution in [0.15, 0.2) is 97.1 Å². The summed E-state index contributed by atoms with van der Waals surface area (Å²) in [4.78, 5) is 0. The summed E-state index contributed by atoms with van der Waals surface area (Å²) in [5, 5.41) is 6.04. The number of unbranched alkanes of at least 4 members (excludes halogenated alkanes) is 2. The quantitative estimate of drug-likeness (QED) is 0.156. The highest BCUT2D eigenvalue weighted by Gasteiger charge is 2.16. The van der Waals surface area contributed by atoms with Gasteiger partial charge < -0.3 is 0 Å². The maximum atomic E-state index is 2.36. The second-order valence-corrected chi connectivity index (χ2v) is 14.4. The van der Waals surface area contributed by atoms with E-state index in [0.717, 1.165) is 0 Å². The van der Waals surface area contributed by atoms with Crippen molar-refractivity contribution in [2.45, 2.75) is 47.0 Å². The Balaban J connectivity index is 1.41. The van der Waals surface area contributed by atoms with Gasteiger partial charge in [0.15, 0.2) is 0 Å². The second-order valence-electron chi connectivity index (χ2n) is 9.71. The summed E-state index contributed by atoms with van der Waals surface area (Å²) in [6, 6.07) is 37.0. The summed E-state index contributed by atoms with van der Waals surface area (Å²) < 4.78 is 0. The Morgan fingerprint density at radius 2 is 0.571 bits per heavy atom. The Kier molecular flexibility index (Phi) is 9.31. The molecule has 0 N–H and O–H groups in total. The lowest BCUT2D eigenvalue weighted by Crippen LogP contribution is -2.15. The van der Waals surface area contributed by atoms with E-state index < -0.39 is 0 Å². The maximum Gasteiger partial charge on any atom is -0.0195 e. The molecule has 0 aliphatic carbocycles. The fourth-order valence-corrected chi connectivity index (χ4v) is 9.17. The van der Waals surface area contributed by atoms with Crippen LogP contribution < -0.4 is 21.2 Å². The Morgan fingerprint density at radius 1 is 0.343 bits per heavy atom. The lowest BCUT2D eigenvalue weighted by molar-refractivity contribution is 0.782. The molecular weight excluding hydrogens is 458 g/mol. The molecule has 0 aliphatic rings. The van der Waals surface area contributed by atoms with Crippen LogP contribution in [0, 0.1) is 27.7 Å². The third kappa shape index (κ3) is 7.36. The van der Waals surface area contributed by atoms with Crippen molar-refractivity contribution in [1.82, 2.24) is 0 Å². The van der Waals surface area contributed by atoms with Crippen LogP contribution in [0.25, 0.3) is 0 Å². The van der Waals surface area contributed by atoms with Crippen LogP contribution >= 0.6 is 15.8 Å². The van der Waals surface area contributed by atoms with Gasteiger partial charge in [0.1, 0.15) is 0 Å². The van der Waals surface area contributed by atoms with Crippen molar-refractivity contribution < 1.29 is 0 Å². The van der Waals surface area contributed by atoms with E-state index in [-0.39, 0.29) is 15.8 Å². The number of aryl methyl sites for hydroxylation is 4. The zero-order chi connectivity index (χ0) is 24.6. The first-order chi connectivity index (χ1) is 17.0. The highest BCUT2D eigenvalue weighted by Crippen LogP contribution is 2.37. The van der Waals surface area contributed by atoms with E-state index in [2.05, 4.69) is 125 Å². The Labute approximate surface area is 215 Å². The fraction of sp³-hybridized carbons (Fsp3) is 0.273. The summed E-state index contributed by atoms with van der Waals surface area (Å²) >= 11 is 0. The molecule has 4 rings (SSSR count). The minimum atomic E-state index is -0.297. The van der Waals surface area contributed by atoms with E-state index in [1.54, 1.807) is 0 Å². The van der Waals surface area contributed by atoms with Gasteiger partial charge in [-0.15, -0.1) is 0 Å². The summed E-state index contributed by atoms with van der Waals surface area (Å²) in [6.45, 7) is 8.72. The van der Waals surface area contributed by atoms with Crippen molar-refractivity contribution in [1.29, 1.82) is 0 Å². The van der Waals surface area contributed by atoms with Gasteiger partial charge >= 0.3 is 0 Å². The molecule has 0 saturated heterocycles. The van der Waals surface area contributed by atoms with E-state index in [4.69, 9.17) is 0 Å². The molecule has 0 unspecified atom stereocenters. The minimum absolute atomic E-state index is 0.297. The zero-order valence-electron chi connectivity index (χ0n) is 21.7. The topological polar surface area (TPSA) is 0 Å². The molecule has 0 atom stereocenters. The fourth-order valence-electron chi connectivity index (χ4n) is 4.43. The zero-order valence-corrected chi connectivity index (χ0v) is 23.5. The van der Waals surface area contributed by atoms with Gasteiger partial charge in [-0.05, 0) is 89.9 Å². The van der Waals surface area contributed by atoms with Crippen LogP contribution in [0.3, 0.4) is 0 Å². The molecule has 0 saturated carbocycles. The molecule has 180 valence electrons. The monoisotopic (exact) mass is 496 g/mol. The number of hydrogen-bond donors (Lipinski definition) is 0. The number of benzene rings is 4. The van der Waals surface area contributed by atoms with Crippen molar-refractivity contribution >= 4 is 37.1 Å². The van der Waals surface area contributed by atoms with Crippen molar-refractivity contribution in [2.24, 2.45) is 0 Å². The van der Waals surface area contributed by atoms with Crippen molar-refractivity contribution in [3.8, 4) is 0 Å². The molecule has 0 radical (unpaired) electrons. The second kappa shape index (κ2) is 12.6. The standard InChI is InChI=1S/C33H38P2/c1-26-8-16-30(17-9-26)34(31-18-10-27(2)11-19-31)24-6-5-7-25-35(32-20-12-28(3)13-21-32)33-22-14-29(4)15-23-33/h8-23H,5-7,24-25H2,1-4H3. The Morgan fingerprint density at radius 3 is 0.800 bits per heavy atom. The van der Waals surface area contributed by atoms with Gasteiger partial charge in [0, 0.05) is 0 Å². The molecule has 0 fully saturated rings. The molecule has 4 aromatic rings. The largest absolute Gasteiger partial charge is 0.0587 e. The van der Waals surface area contributed by atoms with Crippen LogP contribution in [0.5, 0.6) is 0 Å². The van der Waals surface area contributed by atoms with Crippen LogP contribution in [0.1, 0.15) is 41.5 Å². The lowest BCUT2D eigenvalue weighted by atomic mass is 10.2. The van der Waals surface area contributed by atoms with Gasteiger partial charge in [-0.3, -0.25) is 0 Å². The third-order valence-electron chi connectivity index (χ3n) is 6.65. The summed E-state index contributed by atoms with van der Waals surface area (Å²) in [6.07, 6.45) is 6.42. The summed E-state index contributed by atoms with van der Waals surface area (Å²) in [5.41, 5.74) is 5.36. The van der Waals surface area contributed by atoms with E-state index in [0.29, 0.717) is 0 Å². The van der Waals surface area contributed by atoms with Crippen LogP contribution in [0.2, 0.25) is 0 Å². The van der Waals surface area contributed by atoms with Crippen molar-refractivity contribution in [3.63, 3.8) is 0 Å². The van der Waals surface area contributed by atoms with E-state index in [1.165, 1.54) is 75.1 Å². The average molecular weight is 497 g/mol. The molecule has 0 aliphatic heterocycles. The molecular formula is C33H38P2. The molecule has 2 heteroatoms. The normalized spacial score (nSPS) is 11.4. The third-order valence-corrected chi connectivity index (χ3v) is 11.9. The molecule has 4 aromatic carbocycles. The number of rotatable bonds is 10. The molecule has 0 spiro atoms. The minimum Gasteiger partial charge on any atom is -0.0587 e. The molecule has 0 bridgehead atoms. The molecule has 0 aromatic heterocycles. The van der Waals surface area contributed by atoms with Crippen LogP contribution in [0.4, 0.5) is 0 Å². The first kappa shape index (κ1) is 25.8. The average Bonchev–Trinajstić information content (AvgIpc) is 2.87. The van der Waals surface area contributed by atoms with E-state index >= 15 is 0 Å².